The molecule has 88 valence electrons. The first kappa shape index (κ1) is 12.5. The largest absolute Gasteiger partial charge is 0.460 e. The van der Waals surface area contributed by atoms with Crippen LogP contribution in [0.15, 0.2) is 0 Å². The summed E-state index contributed by atoms with van der Waals surface area (Å²) in [5.74, 6) is 0.380. The molecule has 0 N–H and O–H groups in total. The molecule has 0 heterocycles. The highest BCUT2D eigenvalue weighted by Gasteiger charge is 2.45. The normalized spacial score (nSPS) is 25.5. The van der Waals surface area contributed by atoms with Crippen molar-refractivity contribution in [2.75, 3.05) is 6.61 Å². The molecule has 0 amide bonds. The number of esters is 1. The van der Waals surface area contributed by atoms with Gasteiger partial charge in [0.05, 0.1) is 18.6 Å². The van der Waals surface area contributed by atoms with E-state index in [1.165, 1.54) is 0 Å². The molecular formula is C12H22O3. The summed E-state index contributed by atoms with van der Waals surface area (Å²) in [6.07, 6.45) is 1.16. The summed E-state index contributed by atoms with van der Waals surface area (Å²) < 4.78 is 10.8. The van der Waals surface area contributed by atoms with Crippen molar-refractivity contribution in [3.05, 3.63) is 0 Å². The minimum atomic E-state index is -0.372. The van der Waals surface area contributed by atoms with Crippen LogP contribution in [0.25, 0.3) is 0 Å². The molecule has 0 saturated heterocycles. The molecule has 15 heavy (non-hydrogen) atoms. The van der Waals surface area contributed by atoms with Gasteiger partial charge in [-0.05, 0) is 47.0 Å². The molecule has 2 atom stereocenters. The van der Waals surface area contributed by atoms with E-state index >= 15 is 0 Å². The molecule has 0 bridgehead atoms. The minimum absolute atomic E-state index is 0.0696. The van der Waals surface area contributed by atoms with E-state index in [-0.39, 0.29) is 23.6 Å². The smallest absolute Gasteiger partial charge is 0.309 e. The standard InChI is InChI=1S/C12H22O3/c1-8(2)14-7-9-6-10(9)11(13)15-12(3,4)5/h8-10H,6-7H2,1-5H3/t9-,10+/m1/s1. The summed E-state index contributed by atoms with van der Waals surface area (Å²) in [4.78, 5) is 11.6. The van der Waals surface area contributed by atoms with Crippen LogP contribution in [-0.2, 0) is 14.3 Å². The highest BCUT2D eigenvalue weighted by molar-refractivity contribution is 5.76. The van der Waals surface area contributed by atoms with E-state index in [0.717, 1.165) is 6.42 Å². The monoisotopic (exact) mass is 214 g/mol. The molecule has 1 aliphatic carbocycles. The lowest BCUT2D eigenvalue weighted by molar-refractivity contribution is -0.157. The fourth-order valence-electron chi connectivity index (χ4n) is 1.41. The van der Waals surface area contributed by atoms with Gasteiger partial charge in [0.1, 0.15) is 5.60 Å². The van der Waals surface area contributed by atoms with Crippen LogP contribution >= 0.6 is 0 Å². The van der Waals surface area contributed by atoms with Gasteiger partial charge in [-0.25, -0.2) is 0 Å². The maximum atomic E-state index is 11.6. The summed E-state index contributed by atoms with van der Waals surface area (Å²) in [6.45, 7) is 10.4. The third-order valence-corrected chi connectivity index (χ3v) is 2.28. The van der Waals surface area contributed by atoms with Gasteiger partial charge in [0, 0.05) is 0 Å². The number of ether oxygens (including phenoxy) is 2. The van der Waals surface area contributed by atoms with Gasteiger partial charge in [-0.2, -0.15) is 0 Å². The molecule has 0 aromatic carbocycles. The van der Waals surface area contributed by atoms with E-state index in [0.29, 0.717) is 12.5 Å². The summed E-state index contributed by atoms with van der Waals surface area (Å²) in [7, 11) is 0. The third-order valence-electron chi connectivity index (χ3n) is 2.28. The lowest BCUT2D eigenvalue weighted by Gasteiger charge is -2.19. The van der Waals surface area contributed by atoms with E-state index in [9.17, 15) is 4.79 Å². The first-order valence-corrected chi connectivity index (χ1v) is 5.64. The molecule has 1 aliphatic rings. The second-order valence-corrected chi connectivity index (χ2v) is 5.52. The van der Waals surface area contributed by atoms with Gasteiger partial charge in [0.15, 0.2) is 0 Å². The van der Waals surface area contributed by atoms with Crippen molar-refractivity contribution in [1.29, 1.82) is 0 Å². The molecular weight excluding hydrogens is 192 g/mol. The van der Waals surface area contributed by atoms with Gasteiger partial charge in [0.2, 0.25) is 0 Å². The van der Waals surface area contributed by atoms with Gasteiger partial charge in [-0.15, -0.1) is 0 Å². The molecule has 3 nitrogen and oxygen atoms in total. The Hall–Kier alpha value is -0.570. The first-order valence-electron chi connectivity index (χ1n) is 5.64. The number of hydrogen-bond donors (Lipinski definition) is 0. The maximum Gasteiger partial charge on any atom is 0.309 e. The number of carbonyl (C=O) groups excluding carboxylic acids is 1. The average molecular weight is 214 g/mol. The van der Waals surface area contributed by atoms with E-state index < -0.39 is 0 Å². The van der Waals surface area contributed by atoms with Crippen molar-refractivity contribution < 1.29 is 14.3 Å². The van der Waals surface area contributed by atoms with Gasteiger partial charge in [-0.1, -0.05) is 0 Å². The molecule has 0 radical (unpaired) electrons. The fraction of sp³-hybridized carbons (Fsp3) is 0.917. The Balaban J connectivity index is 2.23. The Bertz CT molecular complexity index is 228. The van der Waals surface area contributed by atoms with Crippen LogP contribution in [0.1, 0.15) is 41.0 Å². The van der Waals surface area contributed by atoms with E-state index in [2.05, 4.69) is 0 Å². The zero-order valence-corrected chi connectivity index (χ0v) is 10.4. The van der Waals surface area contributed by atoms with Crippen LogP contribution in [0, 0.1) is 11.8 Å². The second kappa shape index (κ2) is 4.52. The van der Waals surface area contributed by atoms with Crippen molar-refractivity contribution in [3.63, 3.8) is 0 Å². The SMILES string of the molecule is CC(C)OC[C@H]1C[C@@H]1C(=O)OC(C)(C)C. The maximum absolute atomic E-state index is 11.6. The predicted molar refractivity (Wildman–Crippen MR) is 58.5 cm³/mol. The van der Waals surface area contributed by atoms with E-state index in [4.69, 9.17) is 9.47 Å². The van der Waals surface area contributed by atoms with Crippen LogP contribution in [-0.4, -0.2) is 24.3 Å². The Morgan fingerprint density at radius 3 is 2.47 bits per heavy atom. The predicted octanol–water partition coefficient (Wildman–Crippen LogP) is 2.39. The molecule has 0 aromatic rings. The fourth-order valence-corrected chi connectivity index (χ4v) is 1.41. The molecule has 1 rings (SSSR count). The van der Waals surface area contributed by atoms with Gasteiger partial charge in [0.25, 0.3) is 0 Å². The Kier molecular flexibility index (Phi) is 3.77. The van der Waals surface area contributed by atoms with Crippen LogP contribution in [0.4, 0.5) is 0 Å². The molecule has 1 fully saturated rings. The number of hydrogen-bond acceptors (Lipinski definition) is 3. The Morgan fingerprint density at radius 2 is 2.00 bits per heavy atom. The molecule has 1 saturated carbocycles. The quantitative estimate of drug-likeness (QED) is 0.674. The Labute approximate surface area is 92.1 Å². The van der Waals surface area contributed by atoms with Crippen molar-refractivity contribution in [1.82, 2.24) is 0 Å². The third kappa shape index (κ3) is 4.65. The number of carbonyl (C=O) groups is 1. The lowest BCUT2D eigenvalue weighted by Crippen LogP contribution is -2.25. The van der Waals surface area contributed by atoms with Crippen LogP contribution in [0.2, 0.25) is 0 Å². The van der Waals surface area contributed by atoms with Gasteiger partial charge < -0.3 is 9.47 Å². The molecule has 0 unspecified atom stereocenters. The van der Waals surface area contributed by atoms with Crippen molar-refractivity contribution in [2.24, 2.45) is 11.8 Å². The topological polar surface area (TPSA) is 35.5 Å². The highest BCUT2D eigenvalue weighted by atomic mass is 16.6. The summed E-state index contributed by atoms with van der Waals surface area (Å²) in [5, 5.41) is 0. The second-order valence-electron chi connectivity index (χ2n) is 5.52. The first-order chi connectivity index (χ1) is 6.79. The molecule has 0 spiro atoms. The summed E-state index contributed by atoms with van der Waals surface area (Å²) in [6, 6.07) is 0. The zero-order chi connectivity index (χ0) is 11.6. The molecule has 0 aliphatic heterocycles. The van der Waals surface area contributed by atoms with Crippen molar-refractivity contribution in [2.45, 2.75) is 52.7 Å². The van der Waals surface area contributed by atoms with Gasteiger partial charge >= 0.3 is 5.97 Å². The molecule has 3 heteroatoms. The number of rotatable bonds is 4. The van der Waals surface area contributed by atoms with E-state index in [1.54, 1.807) is 0 Å². The minimum Gasteiger partial charge on any atom is -0.460 e. The molecule has 0 aromatic heterocycles. The van der Waals surface area contributed by atoms with Crippen LogP contribution in [0.5, 0.6) is 0 Å². The zero-order valence-electron chi connectivity index (χ0n) is 10.4. The Morgan fingerprint density at radius 1 is 1.40 bits per heavy atom. The lowest BCUT2D eigenvalue weighted by atomic mass is 10.2. The summed E-state index contributed by atoms with van der Waals surface area (Å²) >= 11 is 0. The van der Waals surface area contributed by atoms with Crippen molar-refractivity contribution in [3.8, 4) is 0 Å². The summed E-state index contributed by atoms with van der Waals surface area (Å²) in [5.41, 5.74) is -0.372. The highest BCUT2D eigenvalue weighted by Crippen LogP contribution is 2.40. The van der Waals surface area contributed by atoms with Gasteiger partial charge in [-0.3, -0.25) is 4.79 Å². The van der Waals surface area contributed by atoms with E-state index in [1.807, 2.05) is 34.6 Å². The van der Waals surface area contributed by atoms with Crippen molar-refractivity contribution >= 4 is 5.97 Å². The van der Waals surface area contributed by atoms with Crippen LogP contribution < -0.4 is 0 Å². The van der Waals surface area contributed by atoms with Crippen LogP contribution in [0.3, 0.4) is 0 Å². The average Bonchev–Trinajstić information content (AvgIpc) is 2.75.